The van der Waals surface area contributed by atoms with Crippen molar-refractivity contribution in [3.63, 3.8) is 0 Å². The van der Waals surface area contributed by atoms with Crippen LogP contribution >= 0.6 is 11.8 Å². The van der Waals surface area contributed by atoms with E-state index in [1.807, 2.05) is 35.2 Å². The van der Waals surface area contributed by atoms with Crippen molar-refractivity contribution in [1.82, 2.24) is 20.0 Å². The third kappa shape index (κ3) is 4.89. The first-order valence-corrected chi connectivity index (χ1v) is 9.25. The van der Waals surface area contributed by atoms with E-state index in [9.17, 15) is 9.59 Å². The maximum Gasteiger partial charge on any atom is 0.312 e. The van der Waals surface area contributed by atoms with Crippen molar-refractivity contribution in [2.45, 2.75) is 44.8 Å². The minimum Gasteiger partial charge on any atom is -0.352 e. The van der Waals surface area contributed by atoms with Gasteiger partial charge in [0.25, 0.3) is 0 Å². The molecule has 2 rings (SSSR count). The molecule has 2 atom stereocenters. The summed E-state index contributed by atoms with van der Waals surface area (Å²) in [6.45, 7) is 3.40. The standard InChI is InChI=1S/C15H25N5O2S/c1-11-8-17-19(9-11)10-12-4-3-6-20(12)14(21)13(5-7-23-2)18-15(16)22/h8-9,12-13H,3-7,10H2,1-2H3,(H3,16,18,22)/t12-,13-/m1/s1. The lowest BCUT2D eigenvalue weighted by Crippen LogP contribution is -2.52. The molecule has 0 aliphatic carbocycles. The molecule has 0 unspecified atom stereocenters. The van der Waals surface area contributed by atoms with Gasteiger partial charge in [0.2, 0.25) is 5.91 Å². The lowest BCUT2D eigenvalue weighted by Gasteiger charge is -2.29. The topological polar surface area (TPSA) is 93.2 Å². The number of aryl methyl sites for hydroxylation is 1. The highest BCUT2D eigenvalue weighted by atomic mass is 32.2. The summed E-state index contributed by atoms with van der Waals surface area (Å²) < 4.78 is 1.88. The minimum atomic E-state index is -0.650. The molecule has 1 fully saturated rings. The predicted octanol–water partition coefficient (Wildman–Crippen LogP) is 0.973. The van der Waals surface area contributed by atoms with Gasteiger partial charge in [-0.1, -0.05) is 0 Å². The maximum absolute atomic E-state index is 12.8. The summed E-state index contributed by atoms with van der Waals surface area (Å²) in [4.78, 5) is 25.9. The molecule has 23 heavy (non-hydrogen) atoms. The number of amides is 3. The molecular formula is C15H25N5O2S. The lowest BCUT2D eigenvalue weighted by molar-refractivity contribution is -0.134. The molecule has 1 aliphatic heterocycles. The molecule has 0 bridgehead atoms. The summed E-state index contributed by atoms with van der Waals surface area (Å²) in [6.07, 6.45) is 8.29. The van der Waals surface area contributed by atoms with Crippen LogP contribution < -0.4 is 11.1 Å². The van der Waals surface area contributed by atoms with Crippen molar-refractivity contribution in [3.8, 4) is 0 Å². The number of carbonyl (C=O) groups is 2. The third-order valence-corrected chi connectivity index (χ3v) is 4.69. The predicted molar refractivity (Wildman–Crippen MR) is 91.2 cm³/mol. The summed E-state index contributed by atoms with van der Waals surface area (Å²) in [5, 5.41) is 6.89. The first-order chi connectivity index (χ1) is 11.0. The Labute approximate surface area is 141 Å². The minimum absolute atomic E-state index is 0.0378. The number of hydrogen-bond acceptors (Lipinski definition) is 4. The fraction of sp³-hybridized carbons (Fsp3) is 0.667. The monoisotopic (exact) mass is 339 g/mol. The molecule has 0 aromatic carbocycles. The number of nitrogens with two attached hydrogens (primary N) is 1. The number of urea groups is 1. The van der Waals surface area contributed by atoms with E-state index < -0.39 is 12.1 Å². The number of rotatable bonds is 7. The molecule has 3 N–H and O–H groups in total. The molecule has 0 saturated carbocycles. The number of aromatic nitrogens is 2. The van der Waals surface area contributed by atoms with Crippen molar-refractivity contribution in [1.29, 1.82) is 0 Å². The second-order valence-electron chi connectivity index (χ2n) is 5.91. The van der Waals surface area contributed by atoms with Gasteiger partial charge in [-0.05, 0) is 43.8 Å². The third-order valence-electron chi connectivity index (χ3n) is 4.05. The first kappa shape index (κ1) is 17.7. The van der Waals surface area contributed by atoms with Crippen LogP contribution in [-0.2, 0) is 11.3 Å². The van der Waals surface area contributed by atoms with Gasteiger partial charge in [0.05, 0.1) is 18.8 Å². The summed E-state index contributed by atoms with van der Waals surface area (Å²) in [5.41, 5.74) is 6.33. The van der Waals surface area contributed by atoms with Crippen molar-refractivity contribution in [2.24, 2.45) is 5.73 Å². The number of nitrogens with one attached hydrogen (secondary N) is 1. The highest BCUT2D eigenvalue weighted by Gasteiger charge is 2.33. The molecule has 1 aromatic heterocycles. The number of likely N-dealkylation sites (tertiary alicyclic amines) is 1. The Bertz CT molecular complexity index is 548. The molecule has 2 heterocycles. The van der Waals surface area contributed by atoms with Crippen LogP contribution in [0.3, 0.4) is 0 Å². The normalized spacial score (nSPS) is 18.9. The van der Waals surface area contributed by atoms with E-state index in [2.05, 4.69) is 10.4 Å². The first-order valence-electron chi connectivity index (χ1n) is 7.85. The van der Waals surface area contributed by atoms with Crippen LogP contribution in [0, 0.1) is 6.92 Å². The van der Waals surface area contributed by atoms with Crippen LogP contribution in [0.4, 0.5) is 4.79 Å². The second-order valence-corrected chi connectivity index (χ2v) is 6.90. The molecule has 0 spiro atoms. The fourth-order valence-electron chi connectivity index (χ4n) is 2.96. The van der Waals surface area contributed by atoms with Crippen molar-refractivity contribution in [3.05, 3.63) is 18.0 Å². The molecule has 7 nitrogen and oxygen atoms in total. The number of nitrogens with zero attached hydrogens (tertiary/aromatic N) is 3. The molecular weight excluding hydrogens is 314 g/mol. The largest absolute Gasteiger partial charge is 0.352 e. The van der Waals surface area contributed by atoms with Gasteiger partial charge in [-0.3, -0.25) is 9.48 Å². The Hall–Kier alpha value is -1.70. The molecule has 1 aromatic rings. The van der Waals surface area contributed by atoms with Crippen molar-refractivity contribution < 1.29 is 9.59 Å². The van der Waals surface area contributed by atoms with Gasteiger partial charge >= 0.3 is 6.03 Å². The van der Waals surface area contributed by atoms with E-state index in [0.717, 1.165) is 30.7 Å². The van der Waals surface area contributed by atoms with Gasteiger partial charge in [-0.25, -0.2) is 4.79 Å². The van der Waals surface area contributed by atoms with Crippen LogP contribution in [0.2, 0.25) is 0 Å². The van der Waals surface area contributed by atoms with E-state index >= 15 is 0 Å². The molecule has 1 aliphatic rings. The Balaban J connectivity index is 2.03. The zero-order valence-electron chi connectivity index (χ0n) is 13.7. The van der Waals surface area contributed by atoms with Gasteiger partial charge in [0.1, 0.15) is 6.04 Å². The van der Waals surface area contributed by atoms with E-state index in [0.29, 0.717) is 13.0 Å². The quantitative estimate of drug-likeness (QED) is 0.774. The lowest BCUT2D eigenvalue weighted by atomic mass is 10.1. The van der Waals surface area contributed by atoms with Gasteiger partial charge < -0.3 is 16.0 Å². The number of carbonyl (C=O) groups excluding carboxylic acids is 2. The average molecular weight is 339 g/mol. The van der Waals surface area contributed by atoms with E-state index in [1.54, 1.807) is 11.8 Å². The van der Waals surface area contributed by atoms with Crippen LogP contribution in [0.25, 0.3) is 0 Å². The van der Waals surface area contributed by atoms with Crippen LogP contribution in [0.15, 0.2) is 12.4 Å². The van der Waals surface area contributed by atoms with E-state index in [1.165, 1.54) is 0 Å². The molecule has 8 heteroatoms. The summed E-state index contributed by atoms with van der Waals surface area (Å²) in [7, 11) is 0. The van der Waals surface area contributed by atoms with Gasteiger partial charge in [-0.2, -0.15) is 16.9 Å². The van der Waals surface area contributed by atoms with E-state index in [4.69, 9.17) is 5.73 Å². The number of thioether (sulfide) groups is 1. The number of primary amides is 1. The molecule has 0 radical (unpaired) electrons. The Kier molecular flexibility index (Phi) is 6.32. The van der Waals surface area contributed by atoms with Gasteiger partial charge in [0.15, 0.2) is 0 Å². The van der Waals surface area contributed by atoms with Crippen molar-refractivity contribution in [2.75, 3.05) is 18.6 Å². The summed E-state index contributed by atoms with van der Waals surface area (Å²) in [5.74, 6) is 0.761. The van der Waals surface area contributed by atoms with Gasteiger partial charge in [0, 0.05) is 12.7 Å². The van der Waals surface area contributed by atoms with Crippen LogP contribution in [0.5, 0.6) is 0 Å². The van der Waals surface area contributed by atoms with E-state index in [-0.39, 0.29) is 11.9 Å². The van der Waals surface area contributed by atoms with Crippen LogP contribution in [-0.4, -0.2) is 57.3 Å². The van der Waals surface area contributed by atoms with Crippen molar-refractivity contribution >= 4 is 23.7 Å². The SMILES string of the molecule is CSCC[C@@H](NC(N)=O)C(=O)N1CCC[C@@H]1Cn1cc(C)cn1. The molecule has 1 saturated heterocycles. The Morgan fingerprint density at radius 2 is 2.35 bits per heavy atom. The Morgan fingerprint density at radius 1 is 1.57 bits per heavy atom. The fourth-order valence-corrected chi connectivity index (χ4v) is 3.43. The number of hydrogen-bond donors (Lipinski definition) is 2. The van der Waals surface area contributed by atoms with Gasteiger partial charge in [-0.15, -0.1) is 0 Å². The second kappa shape index (κ2) is 8.24. The highest BCUT2D eigenvalue weighted by Crippen LogP contribution is 2.21. The zero-order chi connectivity index (χ0) is 16.8. The zero-order valence-corrected chi connectivity index (χ0v) is 14.5. The maximum atomic E-state index is 12.8. The van der Waals surface area contributed by atoms with Crippen LogP contribution in [0.1, 0.15) is 24.8 Å². The Morgan fingerprint density at radius 3 is 2.96 bits per heavy atom. The average Bonchev–Trinajstić information content (AvgIpc) is 3.12. The summed E-state index contributed by atoms with van der Waals surface area (Å²) >= 11 is 1.65. The molecule has 128 valence electrons. The summed E-state index contributed by atoms with van der Waals surface area (Å²) in [6, 6.07) is -1.07. The highest BCUT2D eigenvalue weighted by molar-refractivity contribution is 7.98. The smallest absolute Gasteiger partial charge is 0.312 e. The molecule has 3 amide bonds.